The Balaban J connectivity index is 4.92. The number of carbonyl (C=O) groups excluding carboxylic acids is 1. The standard InChI is InChI=1S/C14H28O4/c1-9(2)17-11(5)12(18-10(3)4)13(16)14(6,7)8-15/h8-13,16H,1-7H3/t11-,12+,13-/m1/s1. The molecule has 0 saturated carbocycles. The van der Waals surface area contributed by atoms with Gasteiger partial charge in [0.25, 0.3) is 0 Å². The smallest absolute Gasteiger partial charge is 0.128 e. The fourth-order valence-corrected chi connectivity index (χ4v) is 1.76. The number of rotatable bonds is 8. The third-order valence-corrected chi connectivity index (χ3v) is 2.76. The first-order valence-corrected chi connectivity index (χ1v) is 6.57. The fraction of sp³-hybridized carbons (Fsp3) is 0.929. The van der Waals surface area contributed by atoms with Crippen LogP contribution in [0.15, 0.2) is 0 Å². The molecule has 0 aliphatic heterocycles. The Bertz CT molecular complexity index is 248. The number of aliphatic hydroxyl groups excluding tert-OH is 1. The molecule has 0 amide bonds. The molecule has 0 bridgehead atoms. The van der Waals surface area contributed by atoms with Crippen LogP contribution in [0.1, 0.15) is 48.5 Å². The zero-order valence-corrected chi connectivity index (χ0v) is 12.6. The van der Waals surface area contributed by atoms with Gasteiger partial charge in [0.2, 0.25) is 0 Å². The second-order valence-electron chi connectivity index (χ2n) is 5.92. The van der Waals surface area contributed by atoms with E-state index in [4.69, 9.17) is 9.47 Å². The maximum atomic E-state index is 11.0. The van der Waals surface area contributed by atoms with Gasteiger partial charge in [-0.05, 0) is 34.6 Å². The van der Waals surface area contributed by atoms with Crippen molar-refractivity contribution >= 4 is 6.29 Å². The molecule has 1 N–H and O–H groups in total. The first-order valence-electron chi connectivity index (χ1n) is 6.57. The van der Waals surface area contributed by atoms with Gasteiger partial charge in [0.15, 0.2) is 0 Å². The van der Waals surface area contributed by atoms with E-state index in [0.29, 0.717) is 0 Å². The number of aliphatic hydroxyl groups is 1. The van der Waals surface area contributed by atoms with Crippen molar-refractivity contribution in [3.63, 3.8) is 0 Å². The fourth-order valence-electron chi connectivity index (χ4n) is 1.76. The van der Waals surface area contributed by atoms with Gasteiger partial charge in [0, 0.05) is 5.41 Å². The molecule has 108 valence electrons. The van der Waals surface area contributed by atoms with Crippen LogP contribution in [0.3, 0.4) is 0 Å². The molecule has 0 aromatic rings. The van der Waals surface area contributed by atoms with E-state index >= 15 is 0 Å². The summed E-state index contributed by atoms with van der Waals surface area (Å²) in [5.41, 5.74) is -0.853. The highest BCUT2D eigenvalue weighted by Gasteiger charge is 2.38. The summed E-state index contributed by atoms with van der Waals surface area (Å²) in [6.07, 6.45) is -0.924. The predicted octanol–water partition coefficient (Wildman–Crippen LogP) is 2.18. The van der Waals surface area contributed by atoms with E-state index in [1.807, 2.05) is 34.6 Å². The van der Waals surface area contributed by atoms with Crippen molar-refractivity contribution in [1.82, 2.24) is 0 Å². The van der Waals surface area contributed by atoms with Gasteiger partial charge >= 0.3 is 0 Å². The molecule has 18 heavy (non-hydrogen) atoms. The molecule has 0 aromatic heterocycles. The Morgan fingerprint density at radius 2 is 1.44 bits per heavy atom. The van der Waals surface area contributed by atoms with Crippen LogP contribution < -0.4 is 0 Å². The zero-order chi connectivity index (χ0) is 14.5. The SMILES string of the molecule is CC(C)O[C@H]([C@@H](O)C(C)(C)C=O)[C@@H](C)OC(C)C. The zero-order valence-electron chi connectivity index (χ0n) is 12.6. The highest BCUT2D eigenvalue weighted by Crippen LogP contribution is 2.26. The summed E-state index contributed by atoms with van der Waals surface area (Å²) in [6, 6.07) is 0. The van der Waals surface area contributed by atoms with Crippen LogP contribution >= 0.6 is 0 Å². The summed E-state index contributed by atoms with van der Waals surface area (Å²) in [4.78, 5) is 11.0. The molecule has 0 unspecified atom stereocenters. The largest absolute Gasteiger partial charge is 0.389 e. The topological polar surface area (TPSA) is 55.8 Å². The second-order valence-corrected chi connectivity index (χ2v) is 5.92. The quantitative estimate of drug-likeness (QED) is 0.680. The Morgan fingerprint density at radius 1 is 1.00 bits per heavy atom. The van der Waals surface area contributed by atoms with E-state index in [1.165, 1.54) is 0 Å². The Hall–Kier alpha value is -0.450. The summed E-state index contributed by atoms with van der Waals surface area (Å²) in [5.74, 6) is 0. The minimum Gasteiger partial charge on any atom is -0.389 e. The van der Waals surface area contributed by atoms with Crippen LogP contribution in [0.4, 0.5) is 0 Å². The normalized spacial score (nSPS) is 17.9. The lowest BCUT2D eigenvalue weighted by molar-refractivity contribution is -0.169. The molecule has 4 heteroatoms. The lowest BCUT2D eigenvalue weighted by Crippen LogP contribution is -2.49. The van der Waals surface area contributed by atoms with Crippen molar-refractivity contribution in [3.05, 3.63) is 0 Å². The first-order chi connectivity index (χ1) is 8.11. The van der Waals surface area contributed by atoms with Gasteiger partial charge in [-0.3, -0.25) is 0 Å². The first kappa shape index (κ1) is 17.6. The summed E-state index contributed by atoms with van der Waals surface area (Å²) in [6.45, 7) is 12.9. The molecule has 4 nitrogen and oxygen atoms in total. The maximum absolute atomic E-state index is 11.0. The van der Waals surface area contributed by atoms with Gasteiger partial charge in [-0.25, -0.2) is 0 Å². The average Bonchev–Trinajstić information content (AvgIpc) is 2.23. The number of ether oxygens (including phenoxy) is 2. The van der Waals surface area contributed by atoms with Gasteiger partial charge in [-0.15, -0.1) is 0 Å². The highest BCUT2D eigenvalue weighted by atomic mass is 16.6. The van der Waals surface area contributed by atoms with Crippen molar-refractivity contribution in [2.24, 2.45) is 5.41 Å². The molecule has 0 aromatic carbocycles. The molecule has 0 aliphatic carbocycles. The van der Waals surface area contributed by atoms with Crippen LogP contribution in [0.2, 0.25) is 0 Å². The lowest BCUT2D eigenvalue weighted by atomic mass is 9.83. The molecule has 0 saturated heterocycles. The van der Waals surface area contributed by atoms with E-state index in [1.54, 1.807) is 13.8 Å². The van der Waals surface area contributed by atoms with E-state index in [2.05, 4.69) is 0 Å². The van der Waals surface area contributed by atoms with Crippen molar-refractivity contribution in [3.8, 4) is 0 Å². The third kappa shape index (κ3) is 5.46. The molecular weight excluding hydrogens is 232 g/mol. The van der Waals surface area contributed by atoms with Crippen molar-refractivity contribution in [2.45, 2.75) is 79.0 Å². The van der Waals surface area contributed by atoms with Crippen LogP contribution in [0, 0.1) is 5.41 Å². The van der Waals surface area contributed by atoms with Gasteiger partial charge < -0.3 is 19.4 Å². The van der Waals surface area contributed by atoms with Gasteiger partial charge in [0.1, 0.15) is 12.4 Å². The van der Waals surface area contributed by atoms with Crippen molar-refractivity contribution in [1.29, 1.82) is 0 Å². The molecule has 0 radical (unpaired) electrons. The Kier molecular flexibility index (Phi) is 7.04. The molecule has 0 aliphatic rings. The summed E-state index contributed by atoms with van der Waals surface area (Å²) in [7, 11) is 0. The van der Waals surface area contributed by atoms with Crippen molar-refractivity contribution < 1.29 is 19.4 Å². The Morgan fingerprint density at radius 3 is 1.78 bits per heavy atom. The van der Waals surface area contributed by atoms with E-state index in [0.717, 1.165) is 6.29 Å². The van der Waals surface area contributed by atoms with E-state index in [9.17, 15) is 9.90 Å². The van der Waals surface area contributed by atoms with Crippen molar-refractivity contribution in [2.75, 3.05) is 0 Å². The number of carbonyl (C=O) groups is 1. The summed E-state index contributed by atoms with van der Waals surface area (Å²) < 4.78 is 11.4. The molecule has 0 rings (SSSR count). The van der Waals surface area contributed by atoms with Crippen LogP contribution in [0.25, 0.3) is 0 Å². The molecular formula is C14H28O4. The predicted molar refractivity (Wildman–Crippen MR) is 71.5 cm³/mol. The second kappa shape index (κ2) is 7.22. The monoisotopic (exact) mass is 260 g/mol. The van der Waals surface area contributed by atoms with Crippen LogP contribution in [0.5, 0.6) is 0 Å². The average molecular weight is 260 g/mol. The lowest BCUT2D eigenvalue weighted by Gasteiger charge is -2.36. The Labute approximate surface area is 111 Å². The minimum atomic E-state index is -0.897. The molecule has 3 atom stereocenters. The van der Waals surface area contributed by atoms with Crippen LogP contribution in [-0.4, -0.2) is 41.9 Å². The molecule has 0 heterocycles. The van der Waals surface area contributed by atoms with Gasteiger partial charge in [0.05, 0.1) is 24.4 Å². The summed E-state index contributed by atoms with van der Waals surface area (Å²) in [5, 5.41) is 10.3. The molecule has 0 fully saturated rings. The number of aldehydes is 1. The van der Waals surface area contributed by atoms with Gasteiger partial charge in [-0.2, -0.15) is 0 Å². The summed E-state index contributed by atoms with van der Waals surface area (Å²) >= 11 is 0. The maximum Gasteiger partial charge on any atom is 0.128 e. The minimum absolute atomic E-state index is 0.0367. The van der Waals surface area contributed by atoms with Crippen LogP contribution in [-0.2, 0) is 14.3 Å². The third-order valence-electron chi connectivity index (χ3n) is 2.76. The molecule has 0 spiro atoms. The number of hydrogen-bond acceptors (Lipinski definition) is 4. The van der Waals surface area contributed by atoms with E-state index < -0.39 is 17.6 Å². The van der Waals surface area contributed by atoms with Gasteiger partial charge in [-0.1, -0.05) is 13.8 Å². The van der Waals surface area contributed by atoms with E-state index in [-0.39, 0.29) is 18.3 Å². The highest BCUT2D eigenvalue weighted by molar-refractivity contribution is 5.59. The number of hydrogen-bond donors (Lipinski definition) is 1.